The normalized spacial score (nSPS) is 10.6. The zero-order valence-corrected chi connectivity index (χ0v) is 10.9. The molecule has 0 amide bonds. The van der Waals surface area contributed by atoms with E-state index in [1.807, 2.05) is 0 Å². The molecule has 0 N–H and O–H groups in total. The number of halogens is 1. The summed E-state index contributed by atoms with van der Waals surface area (Å²) >= 11 is 3.19. The third-order valence-corrected chi connectivity index (χ3v) is 2.84. The van der Waals surface area contributed by atoms with Crippen LogP contribution >= 0.6 is 15.9 Å². The fourth-order valence-electron chi connectivity index (χ4n) is 1.62. The van der Waals surface area contributed by atoms with Crippen LogP contribution in [0.4, 0.5) is 5.69 Å². The van der Waals surface area contributed by atoms with Crippen molar-refractivity contribution in [2.75, 3.05) is 7.11 Å². The first-order valence-electron chi connectivity index (χ1n) is 4.89. The Labute approximate surface area is 110 Å². The molecule has 8 heteroatoms. The first kappa shape index (κ1) is 12.5. The summed E-state index contributed by atoms with van der Waals surface area (Å²) in [5.74, 6) is -0.516. The van der Waals surface area contributed by atoms with Crippen LogP contribution in [0.5, 0.6) is 0 Å². The third-order valence-electron chi connectivity index (χ3n) is 2.38. The van der Waals surface area contributed by atoms with Crippen molar-refractivity contribution >= 4 is 38.5 Å². The number of rotatable bonds is 3. The Hall–Kier alpha value is -1.96. The molecule has 0 unspecified atom stereocenters. The number of ether oxygens (including phenoxy) is 1. The molecule has 7 nitrogen and oxygen atoms in total. The first-order valence-corrected chi connectivity index (χ1v) is 5.68. The number of nitro benzene ring substituents is 1. The monoisotopic (exact) mass is 313 g/mol. The lowest BCUT2D eigenvalue weighted by molar-refractivity contribution is -0.383. The Morgan fingerprint density at radius 2 is 2.33 bits per heavy atom. The number of benzene rings is 1. The second kappa shape index (κ2) is 4.73. The van der Waals surface area contributed by atoms with Gasteiger partial charge in [-0.1, -0.05) is 15.9 Å². The number of non-ortho nitro benzene ring substituents is 1. The summed E-state index contributed by atoms with van der Waals surface area (Å²) in [6.45, 7) is -0.164. The molecule has 18 heavy (non-hydrogen) atoms. The average Bonchev–Trinajstić information content (AvgIpc) is 2.70. The van der Waals surface area contributed by atoms with Gasteiger partial charge < -0.3 is 4.74 Å². The Morgan fingerprint density at radius 1 is 1.61 bits per heavy atom. The zero-order chi connectivity index (χ0) is 13.3. The van der Waals surface area contributed by atoms with Gasteiger partial charge in [-0.3, -0.25) is 14.9 Å². The molecule has 0 saturated carbocycles. The van der Waals surface area contributed by atoms with Gasteiger partial charge in [0.25, 0.3) is 5.69 Å². The van der Waals surface area contributed by atoms with Gasteiger partial charge in [-0.05, 0) is 6.07 Å². The van der Waals surface area contributed by atoms with Crippen molar-refractivity contribution in [3.8, 4) is 0 Å². The van der Waals surface area contributed by atoms with E-state index in [1.54, 1.807) is 6.07 Å². The van der Waals surface area contributed by atoms with Crippen molar-refractivity contribution in [2.45, 2.75) is 6.54 Å². The van der Waals surface area contributed by atoms with E-state index < -0.39 is 10.9 Å². The van der Waals surface area contributed by atoms with E-state index in [-0.39, 0.29) is 12.2 Å². The molecule has 0 bridgehead atoms. The number of fused-ring (bicyclic) bond motifs is 1. The lowest BCUT2D eigenvalue weighted by Crippen LogP contribution is -2.13. The van der Waals surface area contributed by atoms with Gasteiger partial charge in [0.1, 0.15) is 12.1 Å². The number of carbonyl (C=O) groups excluding carboxylic acids is 1. The minimum atomic E-state index is -0.516. The van der Waals surface area contributed by atoms with E-state index in [9.17, 15) is 14.9 Å². The third kappa shape index (κ3) is 2.19. The maximum atomic E-state index is 11.2. The van der Waals surface area contributed by atoms with Crippen LogP contribution in [0.25, 0.3) is 10.9 Å². The highest BCUT2D eigenvalue weighted by Crippen LogP contribution is 2.29. The summed E-state index contributed by atoms with van der Waals surface area (Å²) in [7, 11) is 1.25. The van der Waals surface area contributed by atoms with Gasteiger partial charge in [0.05, 0.1) is 18.2 Å². The van der Waals surface area contributed by atoms with Crippen LogP contribution in [-0.2, 0) is 16.1 Å². The van der Waals surface area contributed by atoms with Gasteiger partial charge in [-0.2, -0.15) is 5.10 Å². The molecule has 0 aliphatic rings. The second-order valence-corrected chi connectivity index (χ2v) is 4.41. The highest BCUT2D eigenvalue weighted by atomic mass is 79.9. The van der Waals surface area contributed by atoms with Crippen LogP contribution in [0.2, 0.25) is 0 Å². The second-order valence-electron chi connectivity index (χ2n) is 3.50. The molecule has 1 aromatic carbocycles. The molecule has 2 aromatic rings. The summed E-state index contributed by atoms with van der Waals surface area (Å²) in [5, 5.41) is 15.5. The van der Waals surface area contributed by atoms with E-state index in [4.69, 9.17) is 0 Å². The number of esters is 1. The van der Waals surface area contributed by atoms with Crippen LogP contribution in [-0.4, -0.2) is 27.8 Å². The summed E-state index contributed by atoms with van der Waals surface area (Å²) in [6.07, 6.45) is 1.47. The molecule has 0 aliphatic carbocycles. The quantitative estimate of drug-likeness (QED) is 0.490. The molecular weight excluding hydrogens is 306 g/mol. The van der Waals surface area contributed by atoms with Gasteiger partial charge in [-0.25, -0.2) is 4.68 Å². The average molecular weight is 314 g/mol. The number of methoxy groups -OCH3 is 1. The Kier molecular flexibility index (Phi) is 3.28. The maximum absolute atomic E-state index is 11.2. The van der Waals surface area contributed by atoms with Crippen LogP contribution in [0, 0.1) is 10.1 Å². The van der Waals surface area contributed by atoms with Gasteiger partial charge in [0.2, 0.25) is 0 Å². The van der Waals surface area contributed by atoms with Gasteiger partial charge >= 0.3 is 5.97 Å². The molecule has 0 fully saturated rings. The smallest absolute Gasteiger partial charge is 0.327 e. The lowest BCUT2D eigenvalue weighted by Gasteiger charge is -2.03. The molecular formula is C10H8BrN3O4. The lowest BCUT2D eigenvalue weighted by atomic mass is 10.2. The predicted molar refractivity (Wildman–Crippen MR) is 66.1 cm³/mol. The highest BCUT2D eigenvalue weighted by molar-refractivity contribution is 9.10. The summed E-state index contributed by atoms with van der Waals surface area (Å²) in [5.41, 5.74) is 0.189. The molecule has 1 aromatic heterocycles. The van der Waals surface area contributed by atoms with Gasteiger partial charge in [0.15, 0.2) is 0 Å². The number of carbonyl (C=O) groups is 1. The maximum Gasteiger partial charge on any atom is 0.327 e. The molecule has 0 atom stereocenters. The minimum absolute atomic E-state index is 0.110. The number of hydrogen-bond donors (Lipinski definition) is 0. The molecule has 0 radical (unpaired) electrons. The van der Waals surface area contributed by atoms with E-state index in [0.717, 1.165) is 0 Å². The van der Waals surface area contributed by atoms with Crippen molar-refractivity contribution in [2.24, 2.45) is 0 Å². The predicted octanol–water partition coefficient (Wildman–Crippen LogP) is 1.88. The molecule has 1 heterocycles. The van der Waals surface area contributed by atoms with Crippen LogP contribution in [0.3, 0.4) is 0 Å². The molecule has 0 aliphatic heterocycles. The highest BCUT2D eigenvalue weighted by Gasteiger charge is 2.19. The van der Waals surface area contributed by atoms with Gasteiger partial charge in [0, 0.05) is 15.9 Å². The molecule has 0 saturated heterocycles. The Balaban J connectivity index is 2.63. The van der Waals surface area contributed by atoms with Crippen molar-refractivity contribution in [1.82, 2.24) is 9.78 Å². The van der Waals surface area contributed by atoms with Crippen molar-refractivity contribution in [1.29, 1.82) is 0 Å². The van der Waals surface area contributed by atoms with E-state index in [2.05, 4.69) is 25.8 Å². The van der Waals surface area contributed by atoms with Crippen LogP contribution in [0.15, 0.2) is 22.8 Å². The number of nitro groups is 1. The standard InChI is InChI=1S/C10H8BrN3O4/c1-18-9(15)5-13-10-6(4-12-13)2-7(11)3-8(10)14(16)17/h2-4H,5H2,1H3. The minimum Gasteiger partial charge on any atom is -0.468 e. The molecule has 94 valence electrons. The van der Waals surface area contributed by atoms with Crippen molar-refractivity contribution < 1.29 is 14.5 Å². The number of aromatic nitrogens is 2. The van der Waals surface area contributed by atoms with Gasteiger partial charge in [-0.15, -0.1) is 0 Å². The largest absolute Gasteiger partial charge is 0.468 e. The Morgan fingerprint density at radius 3 is 2.94 bits per heavy atom. The molecule has 2 rings (SSSR count). The summed E-state index contributed by atoms with van der Waals surface area (Å²) < 4.78 is 6.36. The first-order chi connectivity index (χ1) is 8.52. The van der Waals surface area contributed by atoms with E-state index in [0.29, 0.717) is 15.4 Å². The van der Waals surface area contributed by atoms with Crippen molar-refractivity contribution in [3.05, 3.63) is 32.9 Å². The van der Waals surface area contributed by atoms with Crippen molar-refractivity contribution in [3.63, 3.8) is 0 Å². The zero-order valence-electron chi connectivity index (χ0n) is 9.29. The SMILES string of the molecule is COC(=O)Cn1ncc2cc(Br)cc([N+](=O)[O-])c21. The number of nitrogens with zero attached hydrogens (tertiary/aromatic N) is 3. The van der Waals surface area contributed by atoms with E-state index >= 15 is 0 Å². The number of hydrogen-bond acceptors (Lipinski definition) is 5. The fraction of sp³-hybridized carbons (Fsp3) is 0.200. The fourth-order valence-corrected chi connectivity index (χ4v) is 2.08. The van der Waals surface area contributed by atoms with Crippen LogP contribution < -0.4 is 0 Å². The summed E-state index contributed by atoms with van der Waals surface area (Å²) in [6, 6.07) is 3.07. The Bertz CT molecular complexity index is 637. The summed E-state index contributed by atoms with van der Waals surface area (Å²) in [4.78, 5) is 21.7. The topological polar surface area (TPSA) is 87.3 Å². The van der Waals surface area contributed by atoms with E-state index in [1.165, 1.54) is 24.1 Å². The molecule has 0 spiro atoms. The van der Waals surface area contributed by atoms with Crippen LogP contribution in [0.1, 0.15) is 0 Å².